The molecule has 3 rings (SSSR count). The third-order valence-electron chi connectivity index (χ3n) is 4.62. The van der Waals surface area contributed by atoms with E-state index in [1.54, 1.807) is 11.4 Å². The molecule has 1 aromatic rings. The van der Waals surface area contributed by atoms with Crippen molar-refractivity contribution in [2.24, 2.45) is 11.8 Å². The number of Topliss-reactive ketones (excluding diaryl/α,β-unsaturated/α-hetero) is 1. The van der Waals surface area contributed by atoms with E-state index in [2.05, 4.69) is 0 Å². The highest BCUT2D eigenvalue weighted by molar-refractivity contribution is 7.12. The standard InChI is InChI=1S/C15H17NO4S/c1-8(17)10-5-12(21-7-10)14(18)16-6-9-3-2-4-11(9)13(16)15(19)20/h5,7,9,11,13H,2-4,6H2,1H3,(H,19,20)/t9-,11-,13-/m0/s1. The Morgan fingerprint density at radius 1 is 1.33 bits per heavy atom. The number of thiophene rings is 1. The van der Waals surface area contributed by atoms with E-state index in [-0.39, 0.29) is 17.6 Å². The maximum atomic E-state index is 12.6. The summed E-state index contributed by atoms with van der Waals surface area (Å²) in [5.41, 5.74) is 0.509. The molecule has 112 valence electrons. The Labute approximate surface area is 126 Å². The van der Waals surface area contributed by atoms with Gasteiger partial charge in [0.1, 0.15) is 6.04 Å². The van der Waals surface area contributed by atoms with Gasteiger partial charge in [0.05, 0.1) is 4.88 Å². The van der Waals surface area contributed by atoms with Crippen molar-refractivity contribution in [2.75, 3.05) is 6.54 Å². The number of carboxylic acid groups (broad SMARTS) is 1. The molecule has 3 atom stereocenters. The molecule has 1 aromatic heterocycles. The molecule has 2 heterocycles. The van der Waals surface area contributed by atoms with E-state index >= 15 is 0 Å². The Hall–Kier alpha value is -1.69. The monoisotopic (exact) mass is 307 g/mol. The van der Waals surface area contributed by atoms with Crippen molar-refractivity contribution in [1.29, 1.82) is 0 Å². The highest BCUT2D eigenvalue weighted by Gasteiger charge is 2.49. The Morgan fingerprint density at radius 3 is 2.71 bits per heavy atom. The number of likely N-dealkylation sites (tertiary alicyclic amines) is 1. The predicted octanol–water partition coefficient (Wildman–Crippen LogP) is 2.28. The van der Waals surface area contributed by atoms with Gasteiger partial charge in [-0.25, -0.2) is 4.79 Å². The molecule has 21 heavy (non-hydrogen) atoms. The molecule has 1 aliphatic heterocycles. The molecule has 1 amide bonds. The fourth-order valence-electron chi connectivity index (χ4n) is 3.61. The Balaban J connectivity index is 1.86. The van der Waals surface area contributed by atoms with Gasteiger partial charge >= 0.3 is 5.97 Å². The summed E-state index contributed by atoms with van der Waals surface area (Å²) < 4.78 is 0. The van der Waals surface area contributed by atoms with Crippen LogP contribution >= 0.6 is 11.3 Å². The number of fused-ring (bicyclic) bond motifs is 1. The lowest BCUT2D eigenvalue weighted by molar-refractivity contribution is -0.142. The molecule has 0 radical (unpaired) electrons. The number of rotatable bonds is 3. The van der Waals surface area contributed by atoms with Crippen molar-refractivity contribution in [3.63, 3.8) is 0 Å². The smallest absolute Gasteiger partial charge is 0.326 e. The molecule has 0 spiro atoms. The second-order valence-electron chi connectivity index (χ2n) is 5.85. The third kappa shape index (κ3) is 2.37. The third-order valence-corrected chi connectivity index (χ3v) is 5.54. The van der Waals surface area contributed by atoms with Crippen LogP contribution in [0.15, 0.2) is 11.4 Å². The summed E-state index contributed by atoms with van der Waals surface area (Å²) in [5, 5.41) is 11.1. The minimum atomic E-state index is -0.916. The van der Waals surface area contributed by atoms with Gasteiger partial charge in [-0.3, -0.25) is 9.59 Å². The molecule has 1 saturated carbocycles. The zero-order valence-corrected chi connectivity index (χ0v) is 12.6. The van der Waals surface area contributed by atoms with Gasteiger partial charge in [-0.15, -0.1) is 11.3 Å². The molecule has 2 fully saturated rings. The summed E-state index contributed by atoms with van der Waals surface area (Å²) in [6.07, 6.45) is 2.94. The quantitative estimate of drug-likeness (QED) is 0.869. The Bertz CT molecular complexity index is 609. The lowest BCUT2D eigenvalue weighted by Gasteiger charge is -2.23. The van der Waals surface area contributed by atoms with Gasteiger partial charge in [0.15, 0.2) is 5.78 Å². The number of hydrogen-bond acceptors (Lipinski definition) is 4. The number of aliphatic carboxylic acids is 1. The minimum absolute atomic E-state index is 0.0821. The summed E-state index contributed by atoms with van der Waals surface area (Å²) in [6.45, 7) is 1.98. The summed E-state index contributed by atoms with van der Waals surface area (Å²) in [5.74, 6) is -0.866. The number of nitrogens with zero attached hydrogens (tertiary/aromatic N) is 1. The topological polar surface area (TPSA) is 74.7 Å². The summed E-state index contributed by atoms with van der Waals surface area (Å²) >= 11 is 1.21. The van der Waals surface area contributed by atoms with Gasteiger partial charge in [-0.2, -0.15) is 0 Å². The molecule has 0 aromatic carbocycles. The summed E-state index contributed by atoms with van der Waals surface area (Å²) in [7, 11) is 0. The van der Waals surface area contributed by atoms with Crippen LogP contribution in [0.25, 0.3) is 0 Å². The van der Waals surface area contributed by atoms with E-state index in [0.717, 1.165) is 19.3 Å². The van der Waals surface area contributed by atoms with Crippen LogP contribution < -0.4 is 0 Å². The second kappa shape index (κ2) is 5.26. The molecular formula is C15H17NO4S. The lowest BCUT2D eigenvalue weighted by atomic mass is 9.94. The fraction of sp³-hybridized carbons (Fsp3) is 0.533. The van der Waals surface area contributed by atoms with Crippen molar-refractivity contribution in [3.05, 3.63) is 21.9 Å². The highest BCUT2D eigenvalue weighted by Crippen LogP contribution is 2.43. The normalized spacial score (nSPS) is 27.7. The van der Waals surface area contributed by atoms with E-state index in [1.807, 2.05) is 0 Å². The van der Waals surface area contributed by atoms with Crippen LogP contribution in [-0.2, 0) is 4.79 Å². The number of amides is 1. The summed E-state index contributed by atoms with van der Waals surface area (Å²) in [4.78, 5) is 37.4. The van der Waals surface area contributed by atoms with Crippen molar-refractivity contribution in [3.8, 4) is 0 Å². The van der Waals surface area contributed by atoms with Gasteiger partial charge in [-0.05, 0) is 37.7 Å². The van der Waals surface area contributed by atoms with Crippen LogP contribution in [0, 0.1) is 11.8 Å². The molecule has 1 saturated heterocycles. The Morgan fingerprint density at radius 2 is 2.10 bits per heavy atom. The first-order chi connectivity index (χ1) is 9.99. The van der Waals surface area contributed by atoms with Gasteiger partial charge in [0.25, 0.3) is 5.91 Å². The average Bonchev–Trinajstić information content (AvgIpc) is 3.11. The molecule has 1 N–H and O–H groups in total. The summed E-state index contributed by atoms with van der Waals surface area (Å²) in [6, 6.07) is 0.857. The maximum Gasteiger partial charge on any atom is 0.326 e. The van der Waals surface area contributed by atoms with Crippen molar-refractivity contribution in [2.45, 2.75) is 32.2 Å². The van der Waals surface area contributed by atoms with Gasteiger partial charge in [-0.1, -0.05) is 6.42 Å². The van der Waals surface area contributed by atoms with Crippen LogP contribution in [0.3, 0.4) is 0 Å². The first-order valence-electron chi connectivity index (χ1n) is 7.12. The SMILES string of the molecule is CC(=O)c1csc(C(=O)N2C[C@@H]3CCC[C@@H]3[C@H]2C(=O)O)c1. The van der Waals surface area contributed by atoms with E-state index in [0.29, 0.717) is 22.9 Å². The highest BCUT2D eigenvalue weighted by atomic mass is 32.1. The number of carboxylic acids is 1. The Kier molecular flexibility index (Phi) is 3.57. The first-order valence-corrected chi connectivity index (χ1v) is 8.00. The van der Waals surface area contributed by atoms with E-state index in [9.17, 15) is 19.5 Å². The van der Waals surface area contributed by atoms with E-state index in [4.69, 9.17) is 0 Å². The first kappa shape index (κ1) is 14.3. The molecule has 5 nitrogen and oxygen atoms in total. The molecule has 0 unspecified atom stereocenters. The lowest BCUT2D eigenvalue weighted by Crippen LogP contribution is -2.43. The van der Waals surface area contributed by atoms with Gasteiger partial charge < -0.3 is 10.0 Å². The van der Waals surface area contributed by atoms with Crippen LogP contribution in [0.1, 0.15) is 46.2 Å². The van der Waals surface area contributed by atoms with Crippen molar-refractivity contribution >= 4 is 29.0 Å². The minimum Gasteiger partial charge on any atom is -0.480 e. The zero-order valence-electron chi connectivity index (χ0n) is 11.7. The fourth-order valence-corrected chi connectivity index (χ4v) is 4.51. The molecule has 0 bridgehead atoms. The largest absolute Gasteiger partial charge is 0.480 e. The van der Waals surface area contributed by atoms with E-state index in [1.165, 1.54) is 23.2 Å². The second-order valence-corrected chi connectivity index (χ2v) is 6.76. The van der Waals surface area contributed by atoms with Crippen LogP contribution in [0.2, 0.25) is 0 Å². The number of hydrogen-bond donors (Lipinski definition) is 1. The van der Waals surface area contributed by atoms with E-state index < -0.39 is 12.0 Å². The van der Waals surface area contributed by atoms with Crippen molar-refractivity contribution in [1.82, 2.24) is 4.90 Å². The van der Waals surface area contributed by atoms with Crippen molar-refractivity contribution < 1.29 is 19.5 Å². The molecular weight excluding hydrogens is 290 g/mol. The predicted molar refractivity (Wildman–Crippen MR) is 77.6 cm³/mol. The molecule has 1 aliphatic carbocycles. The average molecular weight is 307 g/mol. The van der Waals surface area contributed by atoms with Crippen LogP contribution in [-0.4, -0.2) is 40.3 Å². The van der Waals surface area contributed by atoms with Gasteiger partial charge in [0.2, 0.25) is 0 Å². The van der Waals surface area contributed by atoms with Crippen LogP contribution in [0.4, 0.5) is 0 Å². The number of carbonyl (C=O) groups excluding carboxylic acids is 2. The van der Waals surface area contributed by atoms with Crippen LogP contribution in [0.5, 0.6) is 0 Å². The maximum absolute atomic E-state index is 12.6. The van der Waals surface area contributed by atoms with Gasteiger partial charge in [0, 0.05) is 17.5 Å². The number of carbonyl (C=O) groups is 3. The molecule has 2 aliphatic rings. The molecule has 6 heteroatoms. The number of ketones is 1. The zero-order chi connectivity index (χ0) is 15.1.